The number of benzene rings is 2. The van der Waals surface area contributed by atoms with E-state index in [-0.39, 0.29) is 24.9 Å². The van der Waals surface area contributed by atoms with Gasteiger partial charge in [-0.2, -0.15) is 4.89 Å². The van der Waals surface area contributed by atoms with Crippen LogP contribution in [0.4, 0.5) is 0 Å². The molecule has 1 aliphatic heterocycles. The Balaban J connectivity index is 1.26. The molecule has 2 aromatic rings. The van der Waals surface area contributed by atoms with E-state index in [0.29, 0.717) is 49.9 Å². The van der Waals surface area contributed by atoms with Gasteiger partial charge in [0.05, 0.1) is 6.61 Å². The highest BCUT2D eigenvalue weighted by Crippen LogP contribution is 2.31. The van der Waals surface area contributed by atoms with Gasteiger partial charge in [0.25, 0.3) is 5.91 Å². The van der Waals surface area contributed by atoms with Crippen LogP contribution in [-0.4, -0.2) is 61.7 Å². The predicted molar refractivity (Wildman–Crippen MR) is 108 cm³/mol. The van der Waals surface area contributed by atoms with Crippen molar-refractivity contribution in [2.75, 3.05) is 39.5 Å². The summed E-state index contributed by atoms with van der Waals surface area (Å²) < 4.78 is 11.0. The lowest BCUT2D eigenvalue weighted by molar-refractivity contribution is -0.215. The quantitative estimate of drug-likeness (QED) is 0.312. The van der Waals surface area contributed by atoms with Crippen LogP contribution in [-0.2, 0) is 16.1 Å². The summed E-state index contributed by atoms with van der Waals surface area (Å²) >= 11 is 0. The first-order valence-corrected chi connectivity index (χ1v) is 9.73. The highest BCUT2D eigenvalue weighted by molar-refractivity contribution is 5.77. The van der Waals surface area contributed by atoms with E-state index >= 15 is 0 Å². The van der Waals surface area contributed by atoms with Gasteiger partial charge in [-0.3, -0.25) is 4.79 Å². The van der Waals surface area contributed by atoms with Crippen LogP contribution in [0.2, 0.25) is 0 Å². The molecule has 0 aromatic heterocycles. The van der Waals surface area contributed by atoms with Crippen LogP contribution in [0.5, 0.6) is 23.0 Å². The van der Waals surface area contributed by atoms with E-state index in [9.17, 15) is 15.0 Å². The average molecular weight is 418 g/mol. The fourth-order valence-corrected chi connectivity index (χ4v) is 2.80. The standard InChI is InChI=1S/C21H26N2O7/c24-15-4-6-17(7-5-15)27-14-21(26)23-10-9-22-12-16(25)13-28-19-2-1-3-20-18(19)8-11-29-30-20/h1-7,16,22,24-25H,8-14H2,(H,23,26). The molecular formula is C21H26N2O7. The molecule has 1 atom stereocenters. The molecule has 1 unspecified atom stereocenters. The van der Waals surface area contributed by atoms with E-state index in [4.69, 9.17) is 19.2 Å². The lowest BCUT2D eigenvalue weighted by Crippen LogP contribution is -2.38. The third kappa shape index (κ3) is 6.80. The van der Waals surface area contributed by atoms with Crippen molar-refractivity contribution in [2.24, 2.45) is 0 Å². The summed E-state index contributed by atoms with van der Waals surface area (Å²) in [6.07, 6.45) is -0.00845. The van der Waals surface area contributed by atoms with E-state index in [0.717, 1.165) is 5.56 Å². The highest BCUT2D eigenvalue weighted by Gasteiger charge is 2.17. The number of amides is 1. The van der Waals surface area contributed by atoms with Crippen molar-refractivity contribution in [3.63, 3.8) is 0 Å². The normalized spacial score (nSPS) is 13.6. The molecule has 30 heavy (non-hydrogen) atoms. The summed E-state index contributed by atoms with van der Waals surface area (Å²) in [4.78, 5) is 21.8. The molecule has 0 bridgehead atoms. The molecule has 0 saturated heterocycles. The maximum atomic E-state index is 11.8. The number of aliphatic hydroxyl groups excluding tert-OH is 1. The molecule has 2 aromatic carbocycles. The molecule has 1 amide bonds. The Labute approximate surface area is 174 Å². The number of aromatic hydroxyl groups is 1. The number of aliphatic hydroxyl groups is 1. The van der Waals surface area contributed by atoms with Gasteiger partial charge < -0.3 is 35.2 Å². The number of hydrogen-bond donors (Lipinski definition) is 4. The zero-order chi connectivity index (χ0) is 21.2. The number of nitrogens with one attached hydrogen (secondary N) is 2. The van der Waals surface area contributed by atoms with Gasteiger partial charge in [0.15, 0.2) is 12.4 Å². The number of carbonyl (C=O) groups is 1. The van der Waals surface area contributed by atoms with Gasteiger partial charge >= 0.3 is 0 Å². The number of phenolic OH excluding ortho intramolecular Hbond substituents is 1. The molecule has 0 aliphatic carbocycles. The smallest absolute Gasteiger partial charge is 0.257 e. The van der Waals surface area contributed by atoms with Gasteiger partial charge in [-0.25, -0.2) is 0 Å². The van der Waals surface area contributed by atoms with Crippen molar-refractivity contribution >= 4 is 5.91 Å². The zero-order valence-electron chi connectivity index (χ0n) is 16.5. The zero-order valence-corrected chi connectivity index (χ0v) is 16.5. The topological polar surface area (TPSA) is 119 Å². The van der Waals surface area contributed by atoms with Crippen molar-refractivity contribution < 1.29 is 34.3 Å². The van der Waals surface area contributed by atoms with Crippen LogP contribution in [0.1, 0.15) is 5.56 Å². The molecule has 0 saturated carbocycles. The maximum absolute atomic E-state index is 11.8. The largest absolute Gasteiger partial charge is 0.508 e. The first-order valence-electron chi connectivity index (χ1n) is 9.73. The number of rotatable bonds is 11. The van der Waals surface area contributed by atoms with E-state index in [1.54, 1.807) is 12.1 Å². The number of hydrogen-bond acceptors (Lipinski definition) is 8. The first kappa shape index (κ1) is 21.7. The Morgan fingerprint density at radius 2 is 1.97 bits per heavy atom. The van der Waals surface area contributed by atoms with E-state index in [2.05, 4.69) is 10.6 Å². The van der Waals surface area contributed by atoms with Crippen LogP contribution in [0.3, 0.4) is 0 Å². The summed E-state index contributed by atoms with van der Waals surface area (Å²) in [6.45, 7) is 1.70. The third-order valence-electron chi connectivity index (χ3n) is 4.32. The molecule has 0 spiro atoms. The SMILES string of the molecule is O=C(COc1ccc(O)cc1)NCCNCC(O)COc1cccc2c1CCOO2. The van der Waals surface area contributed by atoms with E-state index in [1.807, 2.05) is 18.2 Å². The fourth-order valence-electron chi connectivity index (χ4n) is 2.80. The molecule has 0 fully saturated rings. The Kier molecular flexibility index (Phi) is 8.13. The Morgan fingerprint density at radius 1 is 1.13 bits per heavy atom. The second-order valence-electron chi connectivity index (χ2n) is 6.69. The molecule has 0 radical (unpaired) electrons. The fraction of sp³-hybridized carbons (Fsp3) is 0.381. The average Bonchev–Trinajstić information content (AvgIpc) is 2.77. The maximum Gasteiger partial charge on any atom is 0.257 e. The van der Waals surface area contributed by atoms with Gasteiger partial charge in [0.1, 0.15) is 30.0 Å². The number of phenols is 1. The molecule has 9 heteroatoms. The minimum atomic E-state index is -0.699. The van der Waals surface area contributed by atoms with Crippen LogP contribution < -0.4 is 25.0 Å². The molecular weight excluding hydrogens is 392 g/mol. The summed E-state index contributed by atoms with van der Waals surface area (Å²) in [5.74, 6) is 1.70. The molecule has 1 aliphatic rings. The van der Waals surface area contributed by atoms with Crippen molar-refractivity contribution in [3.05, 3.63) is 48.0 Å². The van der Waals surface area contributed by atoms with Gasteiger partial charge in [0.2, 0.25) is 0 Å². The summed E-state index contributed by atoms with van der Waals surface area (Å²) in [5.41, 5.74) is 0.932. The lowest BCUT2D eigenvalue weighted by atomic mass is 10.1. The third-order valence-corrected chi connectivity index (χ3v) is 4.32. The second kappa shape index (κ2) is 11.2. The minimum absolute atomic E-state index is 0.114. The summed E-state index contributed by atoms with van der Waals surface area (Å²) in [7, 11) is 0. The predicted octanol–water partition coefficient (Wildman–Crippen LogP) is 0.783. The molecule has 162 valence electrons. The van der Waals surface area contributed by atoms with Crippen LogP contribution in [0.15, 0.2) is 42.5 Å². The monoisotopic (exact) mass is 418 g/mol. The van der Waals surface area contributed by atoms with E-state index in [1.165, 1.54) is 12.1 Å². The number of ether oxygens (including phenoxy) is 2. The first-order chi connectivity index (χ1) is 14.6. The van der Waals surface area contributed by atoms with Crippen molar-refractivity contribution in [3.8, 4) is 23.0 Å². The van der Waals surface area contributed by atoms with Gasteiger partial charge in [0, 0.05) is 31.6 Å². The van der Waals surface area contributed by atoms with Gasteiger partial charge in [-0.05, 0) is 36.4 Å². The van der Waals surface area contributed by atoms with Crippen LogP contribution >= 0.6 is 0 Å². The van der Waals surface area contributed by atoms with Crippen LogP contribution in [0, 0.1) is 0 Å². The molecule has 9 nitrogen and oxygen atoms in total. The number of carbonyl (C=O) groups excluding carboxylic acids is 1. The number of fused-ring (bicyclic) bond motifs is 1. The van der Waals surface area contributed by atoms with Gasteiger partial charge in [-0.1, -0.05) is 6.07 Å². The van der Waals surface area contributed by atoms with Crippen molar-refractivity contribution in [1.82, 2.24) is 10.6 Å². The van der Waals surface area contributed by atoms with Crippen LogP contribution in [0.25, 0.3) is 0 Å². The molecule has 3 rings (SSSR count). The van der Waals surface area contributed by atoms with Crippen molar-refractivity contribution in [1.29, 1.82) is 0 Å². The molecule has 1 heterocycles. The summed E-state index contributed by atoms with van der Waals surface area (Å²) in [5, 5.41) is 25.1. The minimum Gasteiger partial charge on any atom is -0.508 e. The Hall–Kier alpha value is -3.01. The Morgan fingerprint density at radius 3 is 2.80 bits per heavy atom. The highest BCUT2D eigenvalue weighted by atomic mass is 17.2. The lowest BCUT2D eigenvalue weighted by Gasteiger charge is -2.20. The van der Waals surface area contributed by atoms with E-state index < -0.39 is 6.10 Å². The second-order valence-corrected chi connectivity index (χ2v) is 6.69. The van der Waals surface area contributed by atoms with Gasteiger partial charge in [-0.15, -0.1) is 0 Å². The van der Waals surface area contributed by atoms with Crippen molar-refractivity contribution in [2.45, 2.75) is 12.5 Å². The Bertz CT molecular complexity index is 814. The molecule has 4 N–H and O–H groups in total. The summed E-state index contributed by atoms with van der Waals surface area (Å²) in [6, 6.07) is 11.6.